The highest BCUT2D eigenvalue weighted by molar-refractivity contribution is 14.1. The summed E-state index contributed by atoms with van der Waals surface area (Å²) in [5, 5.41) is 13.4. The molecule has 2 amide bonds. The third-order valence-corrected chi connectivity index (χ3v) is 22.8. The molecule has 15 heterocycles. The summed E-state index contributed by atoms with van der Waals surface area (Å²) in [4.78, 5) is 81.7. The number of aromatic nitrogens is 11. The van der Waals surface area contributed by atoms with Crippen molar-refractivity contribution in [3.63, 3.8) is 0 Å². The van der Waals surface area contributed by atoms with Crippen molar-refractivity contribution in [2.24, 2.45) is 0 Å². The molecule has 7 aliphatic rings. The monoisotopic (exact) mass is 1870 g/mol. The molecule has 22 nitrogen and oxygen atoms in total. The molecular weight excluding hydrogens is 1770 g/mol. The van der Waals surface area contributed by atoms with Crippen molar-refractivity contribution in [3.05, 3.63) is 262 Å². The Labute approximate surface area is 745 Å². The summed E-state index contributed by atoms with van der Waals surface area (Å²) < 4.78 is 12.0. The summed E-state index contributed by atoms with van der Waals surface area (Å²) in [5.41, 5.74) is 9.05. The Morgan fingerprint density at radius 1 is 0.375 bits per heavy atom. The van der Waals surface area contributed by atoms with Gasteiger partial charge in [0.15, 0.2) is 32.9 Å². The Morgan fingerprint density at radius 2 is 0.700 bits per heavy atom. The number of halogens is 6. The van der Waals surface area contributed by atoms with E-state index in [0.29, 0.717) is 45.8 Å². The van der Waals surface area contributed by atoms with E-state index in [9.17, 15) is 9.59 Å². The summed E-state index contributed by atoms with van der Waals surface area (Å²) in [6.07, 6.45) is 17.5. The number of rotatable bonds is 7. The Kier molecular flexibility index (Phi) is 32.5. The van der Waals surface area contributed by atoms with Gasteiger partial charge in [-0.15, -0.1) is 12.4 Å². The van der Waals surface area contributed by atoms with Gasteiger partial charge in [0.25, 0.3) is 0 Å². The normalized spacial score (nSPS) is 16.0. The van der Waals surface area contributed by atoms with Gasteiger partial charge in [0, 0.05) is 193 Å². The van der Waals surface area contributed by atoms with Crippen LogP contribution in [0.4, 0.5) is 27.0 Å². The molecule has 13 aromatic rings. The Balaban J connectivity index is 0.000000130. The Hall–Kier alpha value is -9.38. The van der Waals surface area contributed by atoms with Gasteiger partial charge in [-0.25, -0.2) is 44.5 Å². The molecule has 2 N–H and O–H groups in total. The highest BCUT2D eigenvalue weighted by atomic mass is 127. The minimum atomic E-state index is -0.441. The molecular formula is C92H102BrCl4IN18O4. The number of fused-ring (bicyclic) bond motifs is 5. The largest absolute Gasteiger partial charge is 0.444 e. The second kappa shape index (κ2) is 43.4. The summed E-state index contributed by atoms with van der Waals surface area (Å²) in [6, 6.07) is 61.9. The number of carbonyl (C=O) groups excluding carboxylic acids is 2. The molecule has 20 rings (SSSR count). The van der Waals surface area contributed by atoms with Gasteiger partial charge < -0.3 is 44.6 Å². The molecule has 7 saturated heterocycles. The number of benzene rings is 5. The number of likely N-dealkylation sites (tertiary alicyclic amines) is 2. The minimum absolute atomic E-state index is 0. The zero-order valence-electron chi connectivity index (χ0n) is 68.4. The number of hydrogen-bond acceptors (Lipinski definition) is 20. The van der Waals surface area contributed by atoms with Crippen molar-refractivity contribution >= 4 is 170 Å². The van der Waals surface area contributed by atoms with Gasteiger partial charge in [0.2, 0.25) is 0 Å². The molecule has 120 heavy (non-hydrogen) atoms. The lowest BCUT2D eigenvalue weighted by molar-refractivity contribution is 0.00777. The Morgan fingerprint density at radius 3 is 1.05 bits per heavy atom. The first kappa shape index (κ1) is 89.9. The zero-order chi connectivity index (χ0) is 83.3. The molecule has 0 spiro atoms. The summed E-state index contributed by atoms with van der Waals surface area (Å²) in [7, 11) is 0. The first-order valence-electron chi connectivity index (χ1n) is 40.7. The maximum atomic E-state index is 11.9. The van der Waals surface area contributed by atoms with E-state index < -0.39 is 5.60 Å². The molecule has 0 bridgehead atoms. The van der Waals surface area contributed by atoms with Crippen LogP contribution >= 0.6 is 85.7 Å². The molecule has 28 heteroatoms. The van der Waals surface area contributed by atoms with E-state index in [1.165, 1.54) is 96.9 Å². The van der Waals surface area contributed by atoms with Crippen LogP contribution in [0.2, 0.25) is 15.5 Å². The lowest BCUT2D eigenvalue weighted by Gasteiger charge is -2.41. The van der Waals surface area contributed by atoms with Crippen LogP contribution in [-0.2, 0) is 9.47 Å². The fraction of sp³-hybridized carbons (Fsp3) is 0.359. The van der Waals surface area contributed by atoms with Gasteiger partial charge in [-0.05, 0) is 163 Å². The lowest BCUT2D eigenvalue weighted by Crippen LogP contribution is -2.52. The quantitative estimate of drug-likeness (QED) is 0.0857. The van der Waals surface area contributed by atoms with Gasteiger partial charge in [-0.2, -0.15) is 0 Å². The van der Waals surface area contributed by atoms with Gasteiger partial charge in [0.1, 0.15) is 15.8 Å². The van der Waals surface area contributed by atoms with Crippen LogP contribution in [-0.4, -0.2) is 184 Å². The van der Waals surface area contributed by atoms with Crippen LogP contribution in [0.25, 0.3) is 54.5 Å². The number of ether oxygens (including phenoxy) is 2. The van der Waals surface area contributed by atoms with Crippen LogP contribution in [0, 0.1) is 0 Å². The number of hydrogen-bond donors (Lipinski definition) is 2. The van der Waals surface area contributed by atoms with Gasteiger partial charge in [0.05, 0.1) is 27.6 Å². The third-order valence-electron chi connectivity index (χ3n) is 20.7. The SMILES string of the molecule is Brc1ccc2ccccc2n1.C1CCNCC1.CC(C)(C)OC(=O)N1CC(I)C1.CC(C)(C)OC(=O)N1CC(c2ccc3ccccc3n2)C1.Cl.Clc1nccnc1Cl.Clc1nccnc1N1CC(c2ccc3ccccc3n2)C1.c1ccc2nc(C3CN(c4nccnc4N4CCCCC4)C3)ccc2c1.c1ccc2nc(C3CNC3)ccc2c1. The number of carbonyl (C=O) groups is 2. The van der Waals surface area contributed by atoms with E-state index in [-0.39, 0.29) is 40.5 Å². The predicted molar refractivity (Wildman–Crippen MR) is 499 cm³/mol. The molecule has 626 valence electrons. The summed E-state index contributed by atoms with van der Waals surface area (Å²) in [5.74, 6) is 4.67. The number of anilines is 3. The van der Waals surface area contributed by atoms with Crippen molar-refractivity contribution < 1.29 is 19.1 Å². The minimum Gasteiger partial charge on any atom is -0.444 e. The van der Waals surface area contributed by atoms with E-state index in [1.54, 1.807) is 22.2 Å². The van der Waals surface area contributed by atoms with E-state index in [2.05, 4.69) is 224 Å². The third kappa shape index (κ3) is 25.6. The topological polar surface area (TPSA) is 235 Å². The van der Waals surface area contributed by atoms with Crippen LogP contribution < -0.4 is 25.3 Å². The smallest absolute Gasteiger partial charge is 0.410 e. The molecule has 0 radical (unpaired) electrons. The molecule has 7 fully saturated rings. The molecule has 0 aliphatic carbocycles. The number of pyridine rings is 5. The average Bonchev–Trinajstić information content (AvgIpc) is 0.783. The van der Waals surface area contributed by atoms with Gasteiger partial charge in [-0.1, -0.05) is 185 Å². The van der Waals surface area contributed by atoms with Gasteiger partial charge in [-0.3, -0.25) is 19.9 Å². The fourth-order valence-corrected chi connectivity index (χ4v) is 15.7. The van der Waals surface area contributed by atoms with Crippen molar-refractivity contribution in [3.8, 4) is 0 Å². The van der Waals surface area contributed by atoms with E-state index in [1.807, 2.05) is 121 Å². The fourth-order valence-electron chi connectivity index (χ4n) is 14.0. The molecule has 5 aromatic carbocycles. The van der Waals surface area contributed by atoms with Crippen LogP contribution in [0.15, 0.2) is 224 Å². The number of piperidine rings is 2. The molecule has 7 aliphatic heterocycles. The van der Waals surface area contributed by atoms with Crippen molar-refractivity contribution in [2.45, 2.75) is 119 Å². The predicted octanol–water partition coefficient (Wildman–Crippen LogP) is 20.4. The van der Waals surface area contributed by atoms with Crippen LogP contribution in [0.1, 0.15) is 127 Å². The van der Waals surface area contributed by atoms with Crippen molar-refractivity contribution in [2.75, 3.05) is 106 Å². The first-order valence-corrected chi connectivity index (χ1v) is 43.9. The van der Waals surface area contributed by atoms with E-state index >= 15 is 0 Å². The summed E-state index contributed by atoms with van der Waals surface area (Å²) >= 11 is 22.5. The molecule has 8 aromatic heterocycles. The average molecular weight is 1870 g/mol. The number of nitrogens with one attached hydrogen (secondary N) is 2. The Bertz CT molecular complexity index is 5470. The van der Waals surface area contributed by atoms with Crippen LogP contribution in [0.5, 0.6) is 0 Å². The first-order chi connectivity index (χ1) is 57.6. The van der Waals surface area contributed by atoms with Gasteiger partial charge >= 0.3 is 12.2 Å². The number of alkyl halides is 1. The lowest BCUT2D eigenvalue weighted by atomic mass is 9.95. The highest BCUT2D eigenvalue weighted by Gasteiger charge is 2.37. The second-order valence-electron chi connectivity index (χ2n) is 32.0. The maximum Gasteiger partial charge on any atom is 0.410 e. The number of para-hydroxylation sites is 5. The zero-order valence-corrected chi connectivity index (χ0v) is 75.2. The highest BCUT2D eigenvalue weighted by Crippen LogP contribution is 2.38. The number of amides is 2. The second-order valence-corrected chi connectivity index (χ2v) is 35.7. The van der Waals surface area contributed by atoms with Crippen molar-refractivity contribution in [1.29, 1.82) is 0 Å². The number of nitrogens with zero attached hydrogens (tertiary/aromatic N) is 16. The standard InChI is InChI=1S/C21H23N5.C17H20N2O2.C16H13ClN4.C12H12N2.C9H6BrN.C8H14INO2.C5H11N.C4H2Cl2N2.ClH/c1-4-12-25(13-5-1)20-21(23-11-10-22-20)26-14-17(15-26)19-9-8-16-6-2-3-7-18(16)24-19;1-17(2,3)21-16(20)19-10-13(11-19)15-9-8-12-6-4-5-7-14(12)18-15;17-15-16(19-8-7-18-15)21-9-12(10-21)14-6-5-11-3-1-2-4-13(11)20-14;1-2-4-11-9(3-1)5-6-12(14-11)10-7-13-8-10;10-9-6-5-7-3-1-2-4-8(7)11-9;1-8(2,3)12-7(11)10-4-6(9)5-10;1-2-4-6-5-3-1;5-3-4(6)8-2-1-7-3;/h2-3,6-11,17H,1,4-5,12-15H2;4-9,13H,10-11H2,1-3H3;1-8,12H,9-10H2;1-6,10,13H,7-8H2;1-6H;6H,4-5H2,1-3H3;6H,1-5H2;1-2H;1H. The summed E-state index contributed by atoms with van der Waals surface area (Å²) in [6.45, 7) is 24.8. The van der Waals surface area contributed by atoms with Crippen LogP contribution in [0.3, 0.4) is 0 Å². The maximum absolute atomic E-state index is 11.9. The van der Waals surface area contributed by atoms with E-state index in [0.717, 1.165) is 132 Å². The molecule has 0 saturated carbocycles. The van der Waals surface area contributed by atoms with Crippen molar-refractivity contribution in [1.82, 2.24) is 75.3 Å². The molecule has 0 atom stereocenters. The molecule has 0 unspecified atom stereocenters. The van der Waals surface area contributed by atoms with E-state index in [4.69, 9.17) is 54.2 Å².